The Bertz CT molecular complexity index is 808. The van der Waals surface area contributed by atoms with Crippen molar-refractivity contribution in [1.29, 1.82) is 0 Å². The Hall–Kier alpha value is -3.37. The predicted octanol–water partition coefficient (Wildman–Crippen LogP) is 3.13. The fourth-order valence-corrected chi connectivity index (χ4v) is 2.29. The van der Waals surface area contributed by atoms with Gasteiger partial charge >= 0.3 is 18.3 Å². The van der Waals surface area contributed by atoms with Gasteiger partial charge in [0, 0.05) is 18.0 Å². The van der Waals surface area contributed by atoms with Gasteiger partial charge in [0.1, 0.15) is 6.20 Å². The van der Waals surface area contributed by atoms with E-state index in [1.54, 1.807) is 0 Å². The molecule has 11 heteroatoms. The molecule has 2 rings (SSSR count). The molecule has 0 saturated heterocycles. The van der Waals surface area contributed by atoms with Crippen LogP contribution in [0.3, 0.4) is 0 Å². The molecule has 2 N–H and O–H groups in total. The number of hydrogen-bond acceptors (Lipinski definition) is 5. The second-order valence-electron chi connectivity index (χ2n) is 4.89. The summed E-state index contributed by atoms with van der Waals surface area (Å²) in [7, 11) is 0. The van der Waals surface area contributed by atoms with Gasteiger partial charge in [0.25, 0.3) is 0 Å². The summed E-state index contributed by atoms with van der Waals surface area (Å²) in [5.41, 5.74) is -0.660. The molecule has 1 atom stereocenters. The summed E-state index contributed by atoms with van der Waals surface area (Å²) in [6.07, 6.45) is 3.62. The van der Waals surface area contributed by atoms with Gasteiger partial charge in [0.2, 0.25) is 0 Å². The van der Waals surface area contributed by atoms with E-state index in [1.807, 2.05) is 0 Å². The third-order valence-electron chi connectivity index (χ3n) is 3.29. The SMILES string of the molecule is C=CCC(NC(=O)O)c1cncc(-c2c([N+](=O)[O-])cnn2C(F)F)c1. The Balaban J connectivity index is 2.55. The minimum absolute atomic E-state index is 0.0169. The fourth-order valence-electron chi connectivity index (χ4n) is 2.29. The van der Waals surface area contributed by atoms with Crippen molar-refractivity contribution in [3.05, 3.63) is 53.0 Å². The largest absolute Gasteiger partial charge is 0.465 e. The molecule has 2 aromatic rings. The Morgan fingerprint density at radius 2 is 2.20 bits per heavy atom. The molecule has 0 fully saturated rings. The van der Waals surface area contributed by atoms with Gasteiger partial charge < -0.3 is 10.4 Å². The van der Waals surface area contributed by atoms with Crippen molar-refractivity contribution in [3.8, 4) is 11.3 Å². The zero-order chi connectivity index (χ0) is 18.6. The van der Waals surface area contributed by atoms with Crippen molar-refractivity contribution in [2.45, 2.75) is 19.0 Å². The number of rotatable bonds is 7. The van der Waals surface area contributed by atoms with Crippen molar-refractivity contribution in [2.75, 3.05) is 0 Å². The van der Waals surface area contributed by atoms with Crippen molar-refractivity contribution in [1.82, 2.24) is 20.1 Å². The highest BCUT2D eigenvalue weighted by atomic mass is 19.3. The van der Waals surface area contributed by atoms with Gasteiger partial charge in [-0.25, -0.2) is 4.79 Å². The number of aromatic nitrogens is 3. The molecular formula is C14H13F2N5O4. The lowest BCUT2D eigenvalue weighted by Gasteiger charge is -2.16. The van der Waals surface area contributed by atoms with E-state index in [4.69, 9.17) is 5.11 Å². The summed E-state index contributed by atoms with van der Waals surface area (Å²) >= 11 is 0. The maximum absolute atomic E-state index is 13.1. The number of nitrogens with one attached hydrogen (secondary N) is 1. The number of pyridine rings is 1. The van der Waals surface area contributed by atoms with Crippen LogP contribution in [0.5, 0.6) is 0 Å². The van der Waals surface area contributed by atoms with Gasteiger partial charge in [-0.3, -0.25) is 15.1 Å². The van der Waals surface area contributed by atoms with Gasteiger partial charge in [-0.05, 0) is 18.1 Å². The number of carboxylic acid groups (broad SMARTS) is 1. The molecule has 0 bridgehead atoms. The van der Waals surface area contributed by atoms with Crippen LogP contribution >= 0.6 is 0 Å². The summed E-state index contributed by atoms with van der Waals surface area (Å²) in [4.78, 5) is 25.0. The maximum atomic E-state index is 13.1. The van der Waals surface area contributed by atoms with E-state index in [0.717, 1.165) is 12.4 Å². The average molecular weight is 353 g/mol. The Labute approximate surface area is 139 Å². The highest BCUT2D eigenvalue weighted by molar-refractivity contribution is 5.70. The van der Waals surface area contributed by atoms with Gasteiger partial charge in [0.05, 0.1) is 11.0 Å². The average Bonchev–Trinajstić information content (AvgIpc) is 2.99. The second-order valence-corrected chi connectivity index (χ2v) is 4.89. The number of carbonyl (C=O) groups is 1. The number of nitrogens with zero attached hydrogens (tertiary/aromatic N) is 4. The molecule has 0 aliphatic heterocycles. The first-order chi connectivity index (χ1) is 11.8. The van der Waals surface area contributed by atoms with E-state index in [0.29, 0.717) is 5.56 Å². The first-order valence-electron chi connectivity index (χ1n) is 6.90. The van der Waals surface area contributed by atoms with E-state index >= 15 is 0 Å². The van der Waals surface area contributed by atoms with Gasteiger partial charge in [-0.1, -0.05) is 6.08 Å². The molecule has 0 radical (unpaired) electrons. The van der Waals surface area contributed by atoms with E-state index in [2.05, 4.69) is 22.0 Å². The van der Waals surface area contributed by atoms with Crippen molar-refractivity contribution < 1.29 is 23.6 Å². The van der Waals surface area contributed by atoms with Crippen LogP contribution in [-0.4, -0.2) is 30.9 Å². The minimum atomic E-state index is -3.09. The molecule has 132 valence electrons. The van der Waals surface area contributed by atoms with E-state index in [9.17, 15) is 23.7 Å². The van der Waals surface area contributed by atoms with E-state index in [1.165, 1.54) is 18.3 Å². The summed E-state index contributed by atoms with van der Waals surface area (Å²) in [6, 6.07) is 0.615. The summed E-state index contributed by atoms with van der Waals surface area (Å²) in [5.74, 6) is 0. The van der Waals surface area contributed by atoms with Crippen LogP contribution in [0.4, 0.5) is 19.3 Å². The number of hydrogen-bond donors (Lipinski definition) is 2. The lowest BCUT2D eigenvalue weighted by molar-refractivity contribution is -0.384. The zero-order valence-electron chi connectivity index (χ0n) is 12.7. The van der Waals surface area contributed by atoms with Crippen LogP contribution in [0, 0.1) is 10.1 Å². The van der Waals surface area contributed by atoms with E-state index < -0.39 is 35.0 Å². The van der Waals surface area contributed by atoms with Crippen LogP contribution in [0.1, 0.15) is 24.6 Å². The zero-order valence-corrected chi connectivity index (χ0v) is 12.7. The van der Waals surface area contributed by atoms with Crippen molar-refractivity contribution in [2.24, 2.45) is 0 Å². The minimum Gasteiger partial charge on any atom is -0.465 e. The van der Waals surface area contributed by atoms with Crippen LogP contribution in [0.25, 0.3) is 11.3 Å². The summed E-state index contributed by atoms with van der Waals surface area (Å²) < 4.78 is 26.4. The maximum Gasteiger partial charge on any atom is 0.405 e. The predicted molar refractivity (Wildman–Crippen MR) is 82.1 cm³/mol. The molecule has 25 heavy (non-hydrogen) atoms. The second kappa shape index (κ2) is 7.47. The smallest absolute Gasteiger partial charge is 0.405 e. The lowest BCUT2D eigenvalue weighted by atomic mass is 10.0. The number of amides is 1. The lowest BCUT2D eigenvalue weighted by Crippen LogP contribution is -2.26. The Morgan fingerprint density at radius 3 is 2.76 bits per heavy atom. The number of alkyl halides is 2. The molecule has 0 aliphatic carbocycles. The Kier molecular flexibility index (Phi) is 5.37. The molecule has 2 heterocycles. The third kappa shape index (κ3) is 3.94. The van der Waals surface area contributed by atoms with Gasteiger partial charge in [-0.15, -0.1) is 6.58 Å². The topological polar surface area (TPSA) is 123 Å². The molecule has 1 amide bonds. The fraction of sp³-hybridized carbons (Fsp3) is 0.214. The quantitative estimate of drug-likeness (QED) is 0.448. The molecule has 0 saturated carbocycles. The molecule has 1 unspecified atom stereocenters. The summed E-state index contributed by atoms with van der Waals surface area (Å²) in [6.45, 7) is 0.435. The molecule has 9 nitrogen and oxygen atoms in total. The first kappa shape index (κ1) is 18.0. The molecule has 0 aromatic carbocycles. The molecule has 0 spiro atoms. The highest BCUT2D eigenvalue weighted by Gasteiger charge is 2.27. The van der Waals surface area contributed by atoms with Gasteiger partial charge in [0.15, 0.2) is 5.69 Å². The number of halogens is 2. The third-order valence-corrected chi connectivity index (χ3v) is 3.29. The monoisotopic (exact) mass is 353 g/mol. The number of nitro groups is 1. The van der Waals surface area contributed by atoms with Crippen LogP contribution in [0.15, 0.2) is 37.3 Å². The summed E-state index contributed by atoms with van der Waals surface area (Å²) in [5, 5.41) is 25.6. The Morgan fingerprint density at radius 1 is 1.48 bits per heavy atom. The van der Waals surface area contributed by atoms with Crippen molar-refractivity contribution in [3.63, 3.8) is 0 Å². The first-order valence-corrected chi connectivity index (χ1v) is 6.90. The van der Waals surface area contributed by atoms with Crippen LogP contribution in [0.2, 0.25) is 0 Å². The van der Waals surface area contributed by atoms with E-state index in [-0.39, 0.29) is 16.7 Å². The van der Waals surface area contributed by atoms with Gasteiger partial charge in [-0.2, -0.15) is 18.6 Å². The van der Waals surface area contributed by atoms with Crippen molar-refractivity contribution >= 4 is 11.8 Å². The van der Waals surface area contributed by atoms with Crippen LogP contribution in [-0.2, 0) is 0 Å². The normalized spacial score (nSPS) is 12.0. The molecule has 0 aliphatic rings. The molecule has 2 aromatic heterocycles. The highest BCUT2D eigenvalue weighted by Crippen LogP contribution is 2.33. The molecular weight excluding hydrogens is 340 g/mol. The standard InChI is InChI=1S/C14H13F2N5O4/c1-2-3-10(19-14(22)23)8-4-9(6-17-5-8)12-11(21(24)25)7-18-20(12)13(15)16/h2,4-7,10,13,19H,1,3H2,(H,22,23). The van der Waals surface area contributed by atoms with Crippen LogP contribution < -0.4 is 5.32 Å².